The van der Waals surface area contributed by atoms with E-state index < -0.39 is 5.60 Å². The molecule has 0 aromatic heterocycles. The molecule has 0 unspecified atom stereocenters. The van der Waals surface area contributed by atoms with Crippen LogP contribution in [-0.2, 0) is 0 Å². The summed E-state index contributed by atoms with van der Waals surface area (Å²) in [7, 11) is 0. The lowest BCUT2D eigenvalue weighted by atomic mass is 9.67. The first-order valence-corrected chi connectivity index (χ1v) is 9.58. The topological polar surface area (TPSA) is 40.5 Å². The van der Waals surface area contributed by atoms with Crippen LogP contribution in [-0.4, -0.2) is 21.9 Å². The maximum absolute atomic E-state index is 11.1. The monoisotopic (exact) mass is 316 g/mol. The fourth-order valence-corrected chi connectivity index (χ4v) is 6.77. The zero-order chi connectivity index (χ0) is 16.6. The molecule has 0 amide bonds. The molecule has 4 aliphatic carbocycles. The summed E-state index contributed by atoms with van der Waals surface area (Å²) in [5.41, 5.74) is 4.02. The summed E-state index contributed by atoms with van der Waals surface area (Å²) in [5.74, 6) is 1.98. The van der Waals surface area contributed by atoms with Crippen molar-refractivity contribution in [3.05, 3.63) is 22.8 Å². The maximum Gasteiger partial charge on any atom is 0.0763 e. The van der Waals surface area contributed by atoms with Crippen molar-refractivity contribution in [2.45, 2.75) is 77.9 Å². The summed E-state index contributed by atoms with van der Waals surface area (Å²) in [6.07, 6.45) is 8.18. The molecule has 2 nitrogen and oxygen atoms in total. The predicted octanol–water partition coefficient (Wildman–Crippen LogP) is 4.23. The lowest BCUT2D eigenvalue weighted by Crippen LogP contribution is -2.33. The molecule has 0 aromatic rings. The van der Waals surface area contributed by atoms with Crippen LogP contribution in [0.15, 0.2) is 22.8 Å². The highest BCUT2D eigenvalue weighted by Crippen LogP contribution is 2.62. The van der Waals surface area contributed by atoms with Crippen molar-refractivity contribution in [2.75, 3.05) is 0 Å². The van der Waals surface area contributed by atoms with E-state index in [2.05, 4.69) is 33.8 Å². The molecule has 2 heteroatoms. The SMILES string of the molecule is CC(C)C1=C2C/C=C3/CC[C@]4(O)C[C@H](C)[C@H](C[C@@]2(C)C[C@@H]1O)[C@H]34. The first-order chi connectivity index (χ1) is 10.8. The van der Waals surface area contributed by atoms with Crippen LogP contribution in [0.5, 0.6) is 0 Å². The molecule has 128 valence electrons. The van der Waals surface area contributed by atoms with Gasteiger partial charge in [-0.25, -0.2) is 0 Å². The lowest BCUT2D eigenvalue weighted by molar-refractivity contribution is 0.0175. The molecule has 2 fully saturated rings. The van der Waals surface area contributed by atoms with E-state index in [9.17, 15) is 10.2 Å². The standard InChI is InChI=1S/C21H32O2/c1-12(2)18-16-6-5-14-7-8-21(23)9-13(3)15(19(14)21)10-20(16,4)11-17(18)22/h5,12-13,15,17,19,22-23H,6-11H2,1-4H3/b14-5-/t13-,15-,17-,19-,20-,21-/m0/s1. The van der Waals surface area contributed by atoms with E-state index in [1.807, 2.05) is 0 Å². The second kappa shape index (κ2) is 4.95. The Morgan fingerprint density at radius 1 is 1.22 bits per heavy atom. The van der Waals surface area contributed by atoms with Crippen molar-refractivity contribution in [3.8, 4) is 0 Å². The minimum Gasteiger partial charge on any atom is -0.389 e. The molecule has 0 spiro atoms. The Hall–Kier alpha value is -0.600. The summed E-state index contributed by atoms with van der Waals surface area (Å²) in [6, 6.07) is 0. The van der Waals surface area contributed by atoms with E-state index in [4.69, 9.17) is 0 Å². The van der Waals surface area contributed by atoms with Crippen LogP contribution in [0.4, 0.5) is 0 Å². The predicted molar refractivity (Wildman–Crippen MR) is 92.9 cm³/mol. The average Bonchev–Trinajstić information content (AvgIpc) is 2.94. The first-order valence-electron chi connectivity index (χ1n) is 9.58. The molecule has 0 heterocycles. The van der Waals surface area contributed by atoms with E-state index in [1.54, 1.807) is 0 Å². The van der Waals surface area contributed by atoms with Crippen molar-refractivity contribution >= 4 is 0 Å². The number of allylic oxidation sites excluding steroid dienone is 2. The number of hydrogen-bond acceptors (Lipinski definition) is 2. The molecule has 0 saturated heterocycles. The van der Waals surface area contributed by atoms with E-state index >= 15 is 0 Å². The van der Waals surface area contributed by atoms with Gasteiger partial charge in [0, 0.05) is 5.92 Å². The van der Waals surface area contributed by atoms with Crippen molar-refractivity contribution < 1.29 is 10.2 Å². The van der Waals surface area contributed by atoms with Crippen LogP contribution in [0.2, 0.25) is 0 Å². The second-order valence-corrected chi connectivity index (χ2v) is 9.48. The van der Waals surface area contributed by atoms with E-state index in [0.29, 0.717) is 23.7 Å². The number of rotatable bonds is 1. The van der Waals surface area contributed by atoms with Gasteiger partial charge in [0.25, 0.3) is 0 Å². The molecule has 2 N–H and O–H groups in total. The third-order valence-electron chi connectivity index (χ3n) is 7.62. The summed E-state index contributed by atoms with van der Waals surface area (Å²) in [6.45, 7) is 9.15. The van der Waals surface area contributed by atoms with Crippen molar-refractivity contribution in [3.63, 3.8) is 0 Å². The van der Waals surface area contributed by atoms with Gasteiger partial charge in [0.15, 0.2) is 0 Å². The number of fused-ring (bicyclic) bond motifs is 1. The van der Waals surface area contributed by atoms with Crippen LogP contribution >= 0.6 is 0 Å². The van der Waals surface area contributed by atoms with Gasteiger partial charge in [-0.15, -0.1) is 0 Å². The third kappa shape index (κ3) is 2.14. The molecular formula is C21H32O2. The van der Waals surface area contributed by atoms with Crippen LogP contribution in [0.1, 0.15) is 66.2 Å². The minimum atomic E-state index is -0.439. The van der Waals surface area contributed by atoms with E-state index in [-0.39, 0.29) is 11.5 Å². The second-order valence-electron chi connectivity index (χ2n) is 9.48. The Morgan fingerprint density at radius 2 is 1.96 bits per heavy atom. The van der Waals surface area contributed by atoms with Crippen LogP contribution in [0.3, 0.4) is 0 Å². The Balaban J connectivity index is 1.81. The molecule has 0 aromatic carbocycles. The molecule has 0 bridgehead atoms. The summed E-state index contributed by atoms with van der Waals surface area (Å²) < 4.78 is 0. The number of aliphatic hydroxyl groups is 2. The van der Waals surface area contributed by atoms with Gasteiger partial charge in [-0.1, -0.05) is 44.9 Å². The van der Waals surface area contributed by atoms with Gasteiger partial charge in [-0.3, -0.25) is 0 Å². The van der Waals surface area contributed by atoms with Crippen LogP contribution in [0.25, 0.3) is 0 Å². The lowest BCUT2D eigenvalue weighted by Gasteiger charge is -2.38. The number of aliphatic hydroxyl groups excluding tert-OH is 1. The van der Waals surface area contributed by atoms with E-state index in [1.165, 1.54) is 16.7 Å². The summed E-state index contributed by atoms with van der Waals surface area (Å²) >= 11 is 0. The van der Waals surface area contributed by atoms with Gasteiger partial charge in [-0.05, 0) is 67.3 Å². The zero-order valence-corrected chi connectivity index (χ0v) is 15.1. The highest BCUT2D eigenvalue weighted by Gasteiger charge is 2.58. The van der Waals surface area contributed by atoms with Gasteiger partial charge < -0.3 is 10.2 Å². The molecule has 0 radical (unpaired) electrons. The Labute approximate surface area is 140 Å². The normalized spacial score (nSPS) is 51.3. The molecule has 6 atom stereocenters. The Kier molecular flexibility index (Phi) is 3.42. The van der Waals surface area contributed by atoms with Gasteiger partial charge in [0.1, 0.15) is 0 Å². The van der Waals surface area contributed by atoms with Gasteiger partial charge in [-0.2, -0.15) is 0 Å². The Morgan fingerprint density at radius 3 is 2.65 bits per heavy atom. The summed E-state index contributed by atoms with van der Waals surface area (Å²) in [4.78, 5) is 0. The average molecular weight is 316 g/mol. The van der Waals surface area contributed by atoms with Crippen LogP contribution < -0.4 is 0 Å². The fraction of sp³-hybridized carbons (Fsp3) is 0.810. The molecule has 23 heavy (non-hydrogen) atoms. The molecule has 4 rings (SSSR count). The number of hydrogen-bond donors (Lipinski definition) is 2. The molecule has 4 aliphatic rings. The zero-order valence-electron chi connectivity index (χ0n) is 15.1. The quantitative estimate of drug-likeness (QED) is 0.711. The van der Waals surface area contributed by atoms with Gasteiger partial charge in [0.2, 0.25) is 0 Å². The fourth-order valence-electron chi connectivity index (χ4n) is 6.77. The maximum atomic E-state index is 11.1. The largest absolute Gasteiger partial charge is 0.389 e. The van der Waals surface area contributed by atoms with Gasteiger partial charge >= 0.3 is 0 Å². The van der Waals surface area contributed by atoms with Crippen molar-refractivity contribution in [1.82, 2.24) is 0 Å². The minimum absolute atomic E-state index is 0.119. The van der Waals surface area contributed by atoms with Gasteiger partial charge in [0.05, 0.1) is 11.7 Å². The van der Waals surface area contributed by atoms with E-state index in [0.717, 1.165) is 38.5 Å². The van der Waals surface area contributed by atoms with Crippen LogP contribution in [0, 0.1) is 29.1 Å². The molecular weight excluding hydrogens is 284 g/mol. The smallest absolute Gasteiger partial charge is 0.0763 e. The highest BCUT2D eigenvalue weighted by molar-refractivity contribution is 5.38. The molecule has 0 aliphatic heterocycles. The first kappa shape index (κ1) is 15.9. The van der Waals surface area contributed by atoms with Crippen molar-refractivity contribution in [1.29, 1.82) is 0 Å². The highest BCUT2D eigenvalue weighted by atomic mass is 16.3. The van der Waals surface area contributed by atoms with Crippen molar-refractivity contribution in [2.24, 2.45) is 29.1 Å². The Bertz CT molecular complexity index is 587. The summed E-state index contributed by atoms with van der Waals surface area (Å²) in [5, 5.41) is 21.8. The third-order valence-corrected chi connectivity index (χ3v) is 7.62. The molecule has 2 saturated carbocycles.